The first-order valence-electron chi connectivity index (χ1n) is 10.5. The molecule has 0 unspecified atom stereocenters. The van der Waals surface area contributed by atoms with Crippen molar-refractivity contribution in [1.29, 1.82) is 0 Å². The number of hydrogen-bond acceptors (Lipinski definition) is 2. The summed E-state index contributed by atoms with van der Waals surface area (Å²) in [5, 5.41) is 0. The molecule has 1 fully saturated rings. The molecule has 0 aromatic carbocycles. The zero-order valence-electron chi connectivity index (χ0n) is 17.4. The first-order chi connectivity index (χ1) is 11.3. The average molecular weight is 355 g/mol. The van der Waals surface area contributed by atoms with Crippen molar-refractivity contribution in [1.82, 2.24) is 0 Å². The summed E-state index contributed by atoms with van der Waals surface area (Å²) in [5.74, 6) is 0.645. The van der Waals surface area contributed by atoms with Crippen LogP contribution in [-0.2, 0) is 9.22 Å². The van der Waals surface area contributed by atoms with Crippen LogP contribution in [0.1, 0.15) is 99.8 Å². The summed E-state index contributed by atoms with van der Waals surface area (Å²) in [6.45, 7) is 16.3. The third-order valence-electron chi connectivity index (χ3n) is 6.22. The number of hydrogen-bond donors (Lipinski definition) is 0. The lowest BCUT2D eigenvalue weighted by molar-refractivity contribution is -0.134. The van der Waals surface area contributed by atoms with Crippen LogP contribution < -0.4 is 0 Å². The molecular weight excluding hydrogens is 312 g/mol. The Balaban J connectivity index is 2.82. The van der Waals surface area contributed by atoms with Gasteiger partial charge in [0.15, 0.2) is 0 Å². The molecule has 2 nitrogen and oxygen atoms in total. The molecule has 3 heteroatoms. The maximum Gasteiger partial charge on any atom is 0.200 e. The molecule has 0 spiro atoms. The molecule has 0 amide bonds. The van der Waals surface area contributed by atoms with Gasteiger partial charge in [0.25, 0.3) is 0 Å². The minimum Gasteiger partial charge on any atom is -0.412 e. The van der Waals surface area contributed by atoms with Gasteiger partial charge in [-0.05, 0) is 29.5 Å². The van der Waals surface area contributed by atoms with Crippen LogP contribution in [0.5, 0.6) is 0 Å². The lowest BCUT2D eigenvalue weighted by Crippen LogP contribution is -2.53. The fraction of sp³-hybridized carbons (Fsp3) is 0.952. The molecule has 0 heterocycles. The maximum absolute atomic E-state index is 12.1. The number of ketones is 1. The number of unbranched alkanes of at least 4 members (excludes halogenated alkanes) is 4. The predicted octanol–water partition coefficient (Wildman–Crippen LogP) is 6.89. The van der Waals surface area contributed by atoms with Gasteiger partial charge in [0.1, 0.15) is 5.78 Å². The van der Waals surface area contributed by atoms with Crippen LogP contribution in [0.2, 0.25) is 16.6 Å². The highest BCUT2D eigenvalue weighted by Gasteiger charge is 2.49. The van der Waals surface area contributed by atoms with E-state index in [4.69, 9.17) is 4.43 Å². The molecule has 1 aliphatic rings. The molecular formula is C21H42O2Si. The molecule has 142 valence electrons. The third-order valence-corrected chi connectivity index (χ3v) is 12.3. The highest BCUT2D eigenvalue weighted by molar-refractivity contribution is 6.77. The third kappa shape index (κ3) is 5.17. The summed E-state index contributed by atoms with van der Waals surface area (Å²) in [6.07, 6.45) is 9.54. The number of rotatable bonds is 12. The Bertz CT molecular complexity index is 354. The van der Waals surface area contributed by atoms with Crippen LogP contribution in [0, 0.1) is 5.92 Å². The zero-order valence-corrected chi connectivity index (χ0v) is 18.4. The van der Waals surface area contributed by atoms with Crippen LogP contribution in [0.25, 0.3) is 0 Å². The topological polar surface area (TPSA) is 26.3 Å². The molecule has 0 aliphatic heterocycles. The molecule has 1 aliphatic carbocycles. The SMILES string of the molecule is CCCCCCC[C@@H](O[Si](C(C)C)(C(C)C)C(C)C)[C@H]1CCC1=O. The highest BCUT2D eigenvalue weighted by atomic mass is 28.4. The van der Waals surface area contributed by atoms with Crippen LogP contribution in [0.3, 0.4) is 0 Å². The molecule has 1 rings (SSSR count). The summed E-state index contributed by atoms with van der Waals surface area (Å²) >= 11 is 0. The zero-order chi connectivity index (χ0) is 18.3. The Labute approximate surface area is 152 Å². The van der Waals surface area contributed by atoms with Crippen molar-refractivity contribution in [3.8, 4) is 0 Å². The van der Waals surface area contributed by atoms with Crippen molar-refractivity contribution in [2.45, 2.75) is 123 Å². The Hall–Kier alpha value is -0.153. The second kappa shape index (κ2) is 10.1. The van der Waals surface area contributed by atoms with Gasteiger partial charge in [-0.3, -0.25) is 4.79 Å². The normalized spacial score (nSPS) is 20.1. The quantitative estimate of drug-likeness (QED) is 0.282. The van der Waals surface area contributed by atoms with Crippen LogP contribution in [0.4, 0.5) is 0 Å². The predicted molar refractivity (Wildman–Crippen MR) is 107 cm³/mol. The van der Waals surface area contributed by atoms with E-state index in [0.717, 1.165) is 19.3 Å². The summed E-state index contributed by atoms with van der Waals surface area (Å²) in [6, 6.07) is 0. The first-order valence-corrected chi connectivity index (χ1v) is 12.6. The van der Waals surface area contributed by atoms with Crippen LogP contribution in [0.15, 0.2) is 0 Å². The van der Waals surface area contributed by atoms with Gasteiger partial charge in [-0.2, -0.15) is 0 Å². The number of carbonyl (C=O) groups excluding carboxylic acids is 1. The van der Waals surface area contributed by atoms with Gasteiger partial charge in [-0.15, -0.1) is 0 Å². The van der Waals surface area contributed by atoms with Gasteiger partial charge in [0.2, 0.25) is 8.32 Å². The van der Waals surface area contributed by atoms with Crippen LogP contribution >= 0.6 is 0 Å². The standard InChI is InChI=1S/C21H42O2Si/c1-8-9-10-11-12-13-21(19-14-15-20(19)22)23-24(16(2)3,17(4)5)18(6)7/h16-19,21H,8-15H2,1-7H3/t19-,21+/m0/s1. The van der Waals surface area contributed by atoms with Crippen LogP contribution in [-0.4, -0.2) is 20.2 Å². The van der Waals surface area contributed by atoms with E-state index >= 15 is 0 Å². The largest absolute Gasteiger partial charge is 0.412 e. The fourth-order valence-electron chi connectivity index (χ4n) is 4.78. The summed E-state index contributed by atoms with van der Waals surface area (Å²) < 4.78 is 7.02. The van der Waals surface area contributed by atoms with E-state index in [1.54, 1.807) is 0 Å². The van der Waals surface area contributed by atoms with Gasteiger partial charge in [-0.25, -0.2) is 0 Å². The summed E-state index contributed by atoms with van der Waals surface area (Å²) in [4.78, 5) is 12.1. The number of Topliss-reactive ketones (excluding diaryl/α,β-unsaturated/α-hetero) is 1. The minimum atomic E-state index is -1.89. The van der Waals surface area contributed by atoms with E-state index in [2.05, 4.69) is 48.5 Å². The molecule has 2 atom stereocenters. The Kier molecular flexibility index (Phi) is 9.22. The summed E-state index contributed by atoms with van der Waals surface area (Å²) in [7, 11) is -1.89. The fourth-order valence-corrected chi connectivity index (χ4v) is 10.4. The number of carbonyl (C=O) groups is 1. The van der Waals surface area contributed by atoms with Gasteiger partial charge in [-0.1, -0.05) is 80.6 Å². The van der Waals surface area contributed by atoms with Gasteiger partial charge in [0.05, 0.1) is 6.10 Å². The molecule has 0 saturated heterocycles. The Morgan fingerprint density at radius 1 is 0.958 bits per heavy atom. The molecule has 1 saturated carbocycles. The summed E-state index contributed by atoms with van der Waals surface area (Å²) in [5.41, 5.74) is 1.78. The van der Waals surface area contributed by atoms with Gasteiger partial charge in [0, 0.05) is 12.3 Å². The monoisotopic (exact) mass is 354 g/mol. The van der Waals surface area contributed by atoms with E-state index in [1.165, 1.54) is 32.1 Å². The Morgan fingerprint density at radius 3 is 1.88 bits per heavy atom. The van der Waals surface area contributed by atoms with E-state index in [1.807, 2.05) is 0 Å². The van der Waals surface area contributed by atoms with Gasteiger partial charge < -0.3 is 4.43 Å². The van der Waals surface area contributed by atoms with Crippen molar-refractivity contribution in [3.63, 3.8) is 0 Å². The Morgan fingerprint density at radius 2 is 1.50 bits per heavy atom. The van der Waals surface area contributed by atoms with E-state index < -0.39 is 8.32 Å². The molecule has 0 aromatic rings. The lowest BCUT2D eigenvalue weighted by Gasteiger charge is -2.47. The molecule has 0 N–H and O–H groups in total. The maximum atomic E-state index is 12.1. The molecule has 24 heavy (non-hydrogen) atoms. The van der Waals surface area contributed by atoms with E-state index in [0.29, 0.717) is 22.4 Å². The smallest absolute Gasteiger partial charge is 0.200 e. The van der Waals surface area contributed by atoms with Crippen molar-refractivity contribution in [3.05, 3.63) is 0 Å². The first kappa shape index (κ1) is 21.9. The van der Waals surface area contributed by atoms with E-state index in [9.17, 15) is 4.79 Å². The second-order valence-corrected chi connectivity index (χ2v) is 14.2. The molecule has 0 radical (unpaired) electrons. The van der Waals surface area contributed by atoms with Gasteiger partial charge >= 0.3 is 0 Å². The molecule has 0 aromatic heterocycles. The molecule has 0 bridgehead atoms. The van der Waals surface area contributed by atoms with Crippen molar-refractivity contribution >= 4 is 14.1 Å². The lowest BCUT2D eigenvalue weighted by atomic mass is 9.78. The van der Waals surface area contributed by atoms with Crippen molar-refractivity contribution < 1.29 is 9.22 Å². The van der Waals surface area contributed by atoms with E-state index in [-0.39, 0.29) is 12.0 Å². The highest BCUT2D eigenvalue weighted by Crippen LogP contribution is 2.45. The van der Waals surface area contributed by atoms with Crippen molar-refractivity contribution in [2.24, 2.45) is 5.92 Å². The van der Waals surface area contributed by atoms with Crippen molar-refractivity contribution in [2.75, 3.05) is 0 Å². The minimum absolute atomic E-state index is 0.187. The average Bonchev–Trinajstić information content (AvgIpc) is 2.49. The second-order valence-electron chi connectivity index (χ2n) is 8.79.